The molecule has 6 heteroatoms. The molecule has 1 saturated heterocycles. The van der Waals surface area contributed by atoms with Gasteiger partial charge in [-0.2, -0.15) is 17.4 Å². The summed E-state index contributed by atoms with van der Waals surface area (Å²) in [6, 6.07) is 0.131. The number of aldehydes is 1. The number of carbonyl (C=O) groups excluding carboxylic acids is 1. The van der Waals surface area contributed by atoms with Gasteiger partial charge >= 0.3 is 0 Å². The first-order valence-corrected chi connectivity index (χ1v) is 6.78. The van der Waals surface area contributed by atoms with Crippen LogP contribution in [0.2, 0.25) is 0 Å². The summed E-state index contributed by atoms with van der Waals surface area (Å²) in [5, 5.41) is 0. The largest absolute Gasteiger partial charge is 0.303 e. The molecule has 86 valence electrons. The van der Waals surface area contributed by atoms with Crippen molar-refractivity contribution in [3.63, 3.8) is 0 Å². The zero-order chi connectivity index (χ0) is 10.9. The van der Waals surface area contributed by atoms with Gasteiger partial charge < -0.3 is 4.79 Å². The monoisotopic (exact) mass is 232 g/mol. The van der Waals surface area contributed by atoms with Crippen molar-refractivity contribution in [2.45, 2.75) is 31.7 Å². The van der Waals surface area contributed by atoms with Crippen LogP contribution in [0.15, 0.2) is 0 Å². The Morgan fingerprint density at radius 3 is 2.60 bits per heavy atom. The van der Waals surface area contributed by atoms with Gasteiger partial charge in [0.15, 0.2) is 0 Å². The lowest BCUT2D eigenvalue weighted by atomic mass is 10.0. The van der Waals surface area contributed by atoms with E-state index in [1.165, 1.54) is 4.31 Å². The fourth-order valence-electron chi connectivity index (χ4n) is 1.79. The molecular weight excluding hydrogens is 216 g/mol. The van der Waals surface area contributed by atoms with Gasteiger partial charge in [-0.15, -0.1) is 0 Å². The minimum Gasteiger partial charge on any atom is -0.303 e. The molecule has 0 amide bonds. The lowest BCUT2D eigenvalue weighted by Crippen LogP contribution is -2.46. The predicted octanol–water partition coefficient (Wildman–Crippen LogP) is -0.106. The molecule has 0 radical (unpaired) electrons. The molecule has 0 bridgehead atoms. The molecule has 1 aliphatic heterocycles. The third kappa shape index (κ3) is 2.76. The Kier molecular flexibility index (Phi) is 3.08. The summed E-state index contributed by atoms with van der Waals surface area (Å²) >= 11 is 0. The SMILES string of the molecule is O=CC1CCCN(S(=O)(=O)NC2CC2)C1. The van der Waals surface area contributed by atoms with Gasteiger partial charge in [-0.1, -0.05) is 0 Å². The number of hydrogen-bond donors (Lipinski definition) is 1. The van der Waals surface area contributed by atoms with Crippen molar-refractivity contribution in [2.24, 2.45) is 5.92 Å². The molecule has 2 aliphatic rings. The van der Waals surface area contributed by atoms with Crippen LogP contribution in [0.5, 0.6) is 0 Å². The van der Waals surface area contributed by atoms with Crippen molar-refractivity contribution in [2.75, 3.05) is 13.1 Å². The minimum atomic E-state index is -3.34. The maximum Gasteiger partial charge on any atom is 0.279 e. The van der Waals surface area contributed by atoms with Gasteiger partial charge in [-0.05, 0) is 25.7 Å². The van der Waals surface area contributed by atoms with Crippen molar-refractivity contribution >= 4 is 16.5 Å². The highest BCUT2D eigenvalue weighted by Crippen LogP contribution is 2.22. The summed E-state index contributed by atoms with van der Waals surface area (Å²) in [6.45, 7) is 0.873. The normalized spacial score (nSPS) is 28.9. The third-order valence-corrected chi connectivity index (χ3v) is 4.49. The molecule has 2 fully saturated rings. The smallest absolute Gasteiger partial charge is 0.279 e. The molecule has 1 atom stereocenters. The van der Waals surface area contributed by atoms with Crippen LogP contribution in [0.25, 0.3) is 0 Å². The Morgan fingerprint density at radius 1 is 1.27 bits per heavy atom. The standard InChI is InChI=1S/C9H16N2O3S/c12-7-8-2-1-5-11(6-8)15(13,14)10-9-3-4-9/h7-10H,1-6H2. The van der Waals surface area contributed by atoms with Gasteiger partial charge in [-0.25, -0.2) is 0 Å². The first-order valence-electron chi connectivity index (χ1n) is 5.34. The topological polar surface area (TPSA) is 66.5 Å². The lowest BCUT2D eigenvalue weighted by molar-refractivity contribution is -0.112. The Labute approximate surface area is 90.0 Å². The van der Waals surface area contributed by atoms with Crippen molar-refractivity contribution < 1.29 is 13.2 Å². The van der Waals surface area contributed by atoms with E-state index in [-0.39, 0.29) is 12.0 Å². The number of piperidine rings is 1. The second kappa shape index (κ2) is 4.19. The highest BCUT2D eigenvalue weighted by atomic mass is 32.2. The molecule has 0 aromatic heterocycles. The van der Waals surface area contributed by atoms with Gasteiger partial charge in [0.2, 0.25) is 0 Å². The van der Waals surface area contributed by atoms with E-state index in [4.69, 9.17) is 0 Å². The van der Waals surface area contributed by atoms with Crippen LogP contribution in [-0.2, 0) is 15.0 Å². The average Bonchev–Trinajstić information content (AvgIpc) is 3.01. The van der Waals surface area contributed by atoms with Crippen LogP contribution in [-0.4, -0.2) is 38.1 Å². The second-order valence-electron chi connectivity index (χ2n) is 4.29. The van der Waals surface area contributed by atoms with E-state index in [0.29, 0.717) is 13.1 Å². The molecule has 15 heavy (non-hydrogen) atoms. The predicted molar refractivity (Wildman–Crippen MR) is 55.4 cm³/mol. The zero-order valence-electron chi connectivity index (χ0n) is 8.55. The Morgan fingerprint density at radius 2 is 2.00 bits per heavy atom. The number of nitrogens with zero attached hydrogens (tertiary/aromatic N) is 1. The zero-order valence-corrected chi connectivity index (χ0v) is 9.37. The Hall–Kier alpha value is -0.460. The summed E-state index contributed by atoms with van der Waals surface area (Å²) in [4.78, 5) is 10.6. The van der Waals surface area contributed by atoms with E-state index in [0.717, 1.165) is 32.0 Å². The highest BCUT2D eigenvalue weighted by Gasteiger charge is 2.33. The molecule has 0 aromatic carbocycles. The van der Waals surface area contributed by atoms with Gasteiger partial charge in [0.25, 0.3) is 10.2 Å². The molecule has 0 spiro atoms. The lowest BCUT2D eigenvalue weighted by Gasteiger charge is -2.29. The molecule has 1 N–H and O–H groups in total. The molecular formula is C9H16N2O3S. The maximum atomic E-state index is 11.8. The van der Waals surface area contributed by atoms with E-state index in [1.54, 1.807) is 0 Å². The van der Waals surface area contributed by atoms with Crippen LogP contribution in [0.3, 0.4) is 0 Å². The summed E-state index contributed by atoms with van der Waals surface area (Å²) in [5.74, 6) is -0.130. The first kappa shape index (κ1) is 11.0. The second-order valence-corrected chi connectivity index (χ2v) is 6.00. The summed E-state index contributed by atoms with van der Waals surface area (Å²) in [7, 11) is -3.34. The summed E-state index contributed by atoms with van der Waals surface area (Å²) in [5.41, 5.74) is 0. The van der Waals surface area contributed by atoms with E-state index < -0.39 is 10.2 Å². The molecule has 1 saturated carbocycles. The number of hydrogen-bond acceptors (Lipinski definition) is 3. The summed E-state index contributed by atoms with van der Waals surface area (Å²) < 4.78 is 27.6. The van der Waals surface area contributed by atoms with Crippen LogP contribution in [0.4, 0.5) is 0 Å². The number of carbonyl (C=O) groups is 1. The van der Waals surface area contributed by atoms with E-state index in [2.05, 4.69) is 4.72 Å². The third-order valence-electron chi connectivity index (χ3n) is 2.85. The van der Waals surface area contributed by atoms with Gasteiger partial charge in [0, 0.05) is 25.0 Å². The number of rotatable bonds is 4. The van der Waals surface area contributed by atoms with Crippen LogP contribution in [0.1, 0.15) is 25.7 Å². The maximum absolute atomic E-state index is 11.8. The van der Waals surface area contributed by atoms with Crippen molar-refractivity contribution in [1.29, 1.82) is 0 Å². The molecule has 5 nitrogen and oxygen atoms in total. The molecule has 1 unspecified atom stereocenters. The van der Waals surface area contributed by atoms with Gasteiger partial charge in [0.05, 0.1) is 0 Å². The molecule has 1 heterocycles. The van der Waals surface area contributed by atoms with Crippen LogP contribution < -0.4 is 4.72 Å². The van der Waals surface area contributed by atoms with E-state index in [9.17, 15) is 13.2 Å². The van der Waals surface area contributed by atoms with Crippen LogP contribution >= 0.6 is 0 Å². The van der Waals surface area contributed by atoms with E-state index in [1.807, 2.05) is 0 Å². The van der Waals surface area contributed by atoms with E-state index >= 15 is 0 Å². The fraction of sp³-hybridized carbons (Fsp3) is 0.889. The first-order chi connectivity index (χ1) is 7.12. The molecule has 2 rings (SSSR count). The van der Waals surface area contributed by atoms with Gasteiger partial charge in [-0.3, -0.25) is 0 Å². The number of nitrogens with one attached hydrogen (secondary N) is 1. The Balaban J connectivity index is 1.98. The van der Waals surface area contributed by atoms with Gasteiger partial charge in [0.1, 0.15) is 6.29 Å². The molecule has 0 aromatic rings. The molecule has 1 aliphatic carbocycles. The van der Waals surface area contributed by atoms with Crippen molar-refractivity contribution in [3.8, 4) is 0 Å². The minimum absolute atomic E-state index is 0.130. The van der Waals surface area contributed by atoms with Crippen molar-refractivity contribution in [1.82, 2.24) is 9.03 Å². The Bertz CT molecular complexity index is 337. The van der Waals surface area contributed by atoms with Crippen LogP contribution in [0, 0.1) is 5.92 Å². The highest BCUT2D eigenvalue weighted by molar-refractivity contribution is 7.87. The fourth-order valence-corrected chi connectivity index (χ4v) is 3.35. The summed E-state index contributed by atoms with van der Waals surface area (Å²) in [6.07, 6.45) is 4.31. The average molecular weight is 232 g/mol. The quantitative estimate of drug-likeness (QED) is 0.688. The van der Waals surface area contributed by atoms with Crippen molar-refractivity contribution in [3.05, 3.63) is 0 Å².